The van der Waals surface area contributed by atoms with Gasteiger partial charge in [0.2, 0.25) is 5.91 Å². The summed E-state index contributed by atoms with van der Waals surface area (Å²) in [5, 5.41) is 0.699. The summed E-state index contributed by atoms with van der Waals surface area (Å²) in [6.45, 7) is 6.21. The Morgan fingerprint density at radius 1 is 0.960 bits per heavy atom. The van der Waals surface area contributed by atoms with Gasteiger partial charge >= 0.3 is 0 Å². The molecule has 0 bridgehead atoms. The highest BCUT2D eigenvalue weighted by molar-refractivity contribution is 7.17. The van der Waals surface area contributed by atoms with Crippen molar-refractivity contribution in [3.63, 3.8) is 0 Å². The third-order valence-electron chi connectivity index (χ3n) is 4.32. The summed E-state index contributed by atoms with van der Waals surface area (Å²) in [7, 11) is 0. The molecule has 0 unspecified atom stereocenters. The van der Waals surface area contributed by atoms with Crippen LogP contribution in [0, 0.1) is 5.92 Å². The molecule has 132 valence electrons. The van der Waals surface area contributed by atoms with Crippen LogP contribution in [0.25, 0.3) is 10.4 Å². The first-order chi connectivity index (χ1) is 12.0. The van der Waals surface area contributed by atoms with Crippen molar-refractivity contribution >= 4 is 34.8 Å². The Hall–Kier alpha value is -1.85. The lowest BCUT2D eigenvalue weighted by Crippen LogP contribution is -2.51. The first-order valence-corrected chi connectivity index (χ1v) is 9.59. The fraction of sp³-hybridized carbons (Fsp3) is 0.368. The van der Waals surface area contributed by atoms with E-state index >= 15 is 0 Å². The van der Waals surface area contributed by atoms with Crippen LogP contribution in [0.4, 0.5) is 0 Å². The van der Waals surface area contributed by atoms with E-state index in [0.717, 1.165) is 15.3 Å². The minimum absolute atomic E-state index is 0.00137. The fourth-order valence-electron chi connectivity index (χ4n) is 2.87. The van der Waals surface area contributed by atoms with Crippen LogP contribution in [0.1, 0.15) is 23.5 Å². The molecule has 1 fully saturated rings. The second-order valence-electron chi connectivity index (χ2n) is 6.44. The van der Waals surface area contributed by atoms with E-state index in [4.69, 9.17) is 11.6 Å². The second kappa shape index (κ2) is 7.58. The quantitative estimate of drug-likeness (QED) is 0.812. The molecule has 0 radical (unpaired) electrons. The SMILES string of the molecule is CC(C)C(=O)N1CCN(C(=O)c2ccc(-c3ccc(Cl)cc3)s2)CC1. The monoisotopic (exact) mass is 376 g/mol. The summed E-state index contributed by atoms with van der Waals surface area (Å²) in [5.74, 6) is 0.205. The van der Waals surface area contributed by atoms with Crippen molar-refractivity contribution in [3.05, 3.63) is 46.3 Å². The molecule has 0 atom stereocenters. The molecule has 4 nitrogen and oxygen atoms in total. The molecular weight excluding hydrogens is 356 g/mol. The van der Waals surface area contributed by atoms with Crippen molar-refractivity contribution in [2.45, 2.75) is 13.8 Å². The van der Waals surface area contributed by atoms with E-state index in [1.54, 1.807) is 0 Å². The summed E-state index contributed by atoms with van der Waals surface area (Å²) >= 11 is 7.42. The maximum atomic E-state index is 12.7. The van der Waals surface area contributed by atoms with Crippen LogP contribution in [0.15, 0.2) is 36.4 Å². The second-order valence-corrected chi connectivity index (χ2v) is 7.96. The molecule has 0 aliphatic carbocycles. The average Bonchev–Trinajstić information content (AvgIpc) is 3.11. The Morgan fingerprint density at radius 2 is 1.56 bits per heavy atom. The number of nitrogens with zero attached hydrogens (tertiary/aromatic N) is 2. The average molecular weight is 377 g/mol. The standard InChI is InChI=1S/C19H21ClN2O2S/c1-13(2)18(23)21-9-11-22(12-10-21)19(24)17-8-7-16(25-17)14-3-5-15(20)6-4-14/h3-8,13H,9-12H2,1-2H3. The van der Waals surface area contributed by atoms with Crippen molar-refractivity contribution in [1.82, 2.24) is 9.80 Å². The third-order valence-corrected chi connectivity index (χ3v) is 5.69. The van der Waals surface area contributed by atoms with E-state index in [1.165, 1.54) is 11.3 Å². The lowest BCUT2D eigenvalue weighted by atomic mass is 10.1. The zero-order valence-corrected chi connectivity index (χ0v) is 15.9. The number of halogens is 1. The molecule has 0 spiro atoms. The lowest BCUT2D eigenvalue weighted by molar-refractivity contribution is -0.135. The van der Waals surface area contributed by atoms with Gasteiger partial charge in [0, 0.05) is 42.0 Å². The fourth-order valence-corrected chi connectivity index (χ4v) is 3.98. The normalized spacial score (nSPS) is 14.9. The predicted octanol–water partition coefficient (Wildman–Crippen LogP) is 4.01. The summed E-state index contributed by atoms with van der Waals surface area (Å²) in [5.41, 5.74) is 1.06. The van der Waals surface area contributed by atoms with Gasteiger partial charge in [-0.1, -0.05) is 37.6 Å². The van der Waals surface area contributed by atoms with Gasteiger partial charge in [-0.25, -0.2) is 0 Å². The van der Waals surface area contributed by atoms with Gasteiger partial charge in [-0.2, -0.15) is 0 Å². The van der Waals surface area contributed by atoms with Gasteiger partial charge in [0.05, 0.1) is 4.88 Å². The molecule has 25 heavy (non-hydrogen) atoms. The zero-order chi connectivity index (χ0) is 18.0. The van der Waals surface area contributed by atoms with E-state index in [-0.39, 0.29) is 17.7 Å². The van der Waals surface area contributed by atoms with Crippen LogP contribution in [-0.4, -0.2) is 47.8 Å². The number of carbonyl (C=O) groups excluding carboxylic acids is 2. The molecule has 1 aliphatic heterocycles. The van der Waals surface area contributed by atoms with Crippen molar-refractivity contribution in [2.75, 3.05) is 26.2 Å². The highest BCUT2D eigenvalue weighted by Gasteiger charge is 2.26. The minimum atomic E-state index is 0.00137. The van der Waals surface area contributed by atoms with Crippen LogP contribution in [0.2, 0.25) is 5.02 Å². The summed E-state index contributed by atoms with van der Waals surface area (Å²) < 4.78 is 0. The Bertz CT molecular complexity index is 762. The zero-order valence-electron chi connectivity index (χ0n) is 14.4. The summed E-state index contributed by atoms with van der Waals surface area (Å²) in [6, 6.07) is 11.5. The van der Waals surface area contributed by atoms with Crippen molar-refractivity contribution in [2.24, 2.45) is 5.92 Å². The smallest absolute Gasteiger partial charge is 0.264 e. The Balaban J connectivity index is 1.65. The van der Waals surface area contributed by atoms with Crippen molar-refractivity contribution in [3.8, 4) is 10.4 Å². The number of rotatable bonds is 3. The maximum absolute atomic E-state index is 12.7. The molecule has 2 heterocycles. The topological polar surface area (TPSA) is 40.6 Å². The van der Waals surface area contributed by atoms with Gasteiger partial charge in [-0.05, 0) is 29.8 Å². The van der Waals surface area contributed by atoms with Gasteiger partial charge in [0.1, 0.15) is 0 Å². The van der Waals surface area contributed by atoms with E-state index < -0.39 is 0 Å². The Kier molecular flexibility index (Phi) is 5.45. The molecule has 1 saturated heterocycles. The largest absolute Gasteiger partial charge is 0.339 e. The number of hydrogen-bond donors (Lipinski definition) is 0. The Morgan fingerprint density at radius 3 is 2.16 bits per heavy atom. The minimum Gasteiger partial charge on any atom is -0.339 e. The molecule has 2 amide bonds. The lowest BCUT2D eigenvalue weighted by Gasteiger charge is -2.35. The van der Waals surface area contributed by atoms with E-state index in [1.807, 2.05) is 60.0 Å². The first kappa shape index (κ1) is 18.0. The molecular formula is C19H21ClN2O2S. The number of carbonyl (C=O) groups is 2. The van der Waals surface area contributed by atoms with Crippen LogP contribution in [0.3, 0.4) is 0 Å². The van der Waals surface area contributed by atoms with Gasteiger partial charge in [0.25, 0.3) is 5.91 Å². The molecule has 1 aromatic heterocycles. The third kappa shape index (κ3) is 4.05. The maximum Gasteiger partial charge on any atom is 0.264 e. The van der Waals surface area contributed by atoms with Crippen molar-refractivity contribution in [1.29, 1.82) is 0 Å². The van der Waals surface area contributed by atoms with Gasteiger partial charge in [0.15, 0.2) is 0 Å². The molecule has 3 rings (SSSR count). The number of hydrogen-bond acceptors (Lipinski definition) is 3. The van der Waals surface area contributed by atoms with E-state index in [9.17, 15) is 9.59 Å². The van der Waals surface area contributed by atoms with Crippen molar-refractivity contribution < 1.29 is 9.59 Å². The van der Waals surface area contributed by atoms with Crippen LogP contribution >= 0.6 is 22.9 Å². The molecule has 0 saturated carbocycles. The van der Waals surface area contributed by atoms with E-state index in [0.29, 0.717) is 31.2 Å². The van der Waals surface area contributed by atoms with E-state index in [2.05, 4.69) is 0 Å². The summed E-state index contributed by atoms with van der Waals surface area (Å²) in [6.07, 6.45) is 0. The number of amides is 2. The van der Waals surface area contributed by atoms with Crippen LogP contribution < -0.4 is 0 Å². The molecule has 6 heteroatoms. The molecule has 0 N–H and O–H groups in total. The number of benzene rings is 1. The number of piperazine rings is 1. The van der Waals surface area contributed by atoms with Gasteiger partial charge < -0.3 is 9.80 Å². The highest BCUT2D eigenvalue weighted by atomic mass is 35.5. The van der Waals surface area contributed by atoms with Crippen LogP contribution in [0.5, 0.6) is 0 Å². The number of thiophene rings is 1. The highest BCUT2D eigenvalue weighted by Crippen LogP contribution is 2.30. The molecule has 1 aliphatic rings. The van der Waals surface area contributed by atoms with Crippen LogP contribution in [-0.2, 0) is 4.79 Å². The van der Waals surface area contributed by atoms with Gasteiger partial charge in [-0.15, -0.1) is 11.3 Å². The Labute approximate surface area is 157 Å². The molecule has 2 aromatic rings. The predicted molar refractivity (Wildman–Crippen MR) is 102 cm³/mol. The van der Waals surface area contributed by atoms with Gasteiger partial charge in [-0.3, -0.25) is 9.59 Å². The molecule has 1 aromatic carbocycles. The summed E-state index contributed by atoms with van der Waals surface area (Å²) in [4.78, 5) is 30.2. The first-order valence-electron chi connectivity index (χ1n) is 8.39.